The van der Waals surface area contributed by atoms with Crippen molar-refractivity contribution in [2.75, 3.05) is 6.61 Å². The van der Waals surface area contributed by atoms with Crippen molar-refractivity contribution in [2.45, 2.75) is 45.4 Å². The van der Waals surface area contributed by atoms with Gasteiger partial charge in [-0.2, -0.15) is 9.97 Å². The van der Waals surface area contributed by atoms with Gasteiger partial charge in [0.1, 0.15) is 0 Å². The van der Waals surface area contributed by atoms with E-state index in [1.165, 1.54) is 44.5 Å². The molecule has 1 N–H and O–H groups in total. The molecular weight excluding hydrogens is 204 g/mol. The van der Waals surface area contributed by atoms with Crippen LogP contribution < -0.4 is 4.74 Å². The summed E-state index contributed by atoms with van der Waals surface area (Å²) < 4.78 is 5.33. The first-order chi connectivity index (χ1) is 7.83. The molecule has 0 atom stereocenters. The predicted molar refractivity (Wildman–Crippen MR) is 62.6 cm³/mol. The van der Waals surface area contributed by atoms with Crippen molar-refractivity contribution in [3.05, 3.63) is 12.4 Å². The molecule has 16 heavy (non-hydrogen) atoms. The summed E-state index contributed by atoms with van der Waals surface area (Å²) in [5.74, 6) is 0.0620. The average molecular weight is 224 g/mol. The highest BCUT2D eigenvalue weighted by Crippen LogP contribution is 2.09. The van der Waals surface area contributed by atoms with Crippen molar-refractivity contribution in [2.24, 2.45) is 0 Å². The number of hydrogen-bond acceptors (Lipinski definition) is 4. The Morgan fingerprint density at radius 1 is 1.06 bits per heavy atom. The van der Waals surface area contributed by atoms with Crippen molar-refractivity contribution >= 4 is 0 Å². The highest BCUT2D eigenvalue weighted by molar-refractivity contribution is 5.11. The molecule has 0 aliphatic carbocycles. The largest absolute Gasteiger partial charge is 0.505 e. The van der Waals surface area contributed by atoms with Gasteiger partial charge in [0.15, 0.2) is 5.75 Å². The van der Waals surface area contributed by atoms with Gasteiger partial charge in [0.2, 0.25) is 0 Å². The monoisotopic (exact) mass is 224 g/mol. The van der Waals surface area contributed by atoms with Crippen LogP contribution in [0.25, 0.3) is 0 Å². The van der Waals surface area contributed by atoms with Crippen molar-refractivity contribution in [3.8, 4) is 11.8 Å². The maximum atomic E-state index is 8.97. The maximum absolute atomic E-state index is 8.97. The van der Waals surface area contributed by atoms with E-state index < -0.39 is 0 Å². The molecule has 0 spiro atoms. The molecule has 0 bridgehead atoms. The van der Waals surface area contributed by atoms with Gasteiger partial charge in [-0.3, -0.25) is 0 Å². The first-order valence-electron chi connectivity index (χ1n) is 5.96. The van der Waals surface area contributed by atoms with Gasteiger partial charge in [0, 0.05) is 0 Å². The van der Waals surface area contributed by atoms with Crippen LogP contribution in [0, 0.1) is 0 Å². The van der Waals surface area contributed by atoms with Gasteiger partial charge in [0.05, 0.1) is 19.0 Å². The van der Waals surface area contributed by atoms with Crippen LogP contribution in [0.3, 0.4) is 0 Å². The van der Waals surface area contributed by atoms with Crippen LogP contribution in [-0.4, -0.2) is 21.7 Å². The molecule has 4 heteroatoms. The minimum Gasteiger partial charge on any atom is -0.505 e. The van der Waals surface area contributed by atoms with Crippen LogP contribution in [0.15, 0.2) is 12.4 Å². The maximum Gasteiger partial charge on any atom is 0.316 e. The Morgan fingerprint density at radius 3 is 2.38 bits per heavy atom. The molecule has 0 amide bonds. The van der Waals surface area contributed by atoms with Gasteiger partial charge in [-0.1, -0.05) is 39.0 Å². The van der Waals surface area contributed by atoms with E-state index in [-0.39, 0.29) is 5.75 Å². The Balaban J connectivity index is 2.01. The van der Waals surface area contributed by atoms with Crippen LogP contribution in [0.1, 0.15) is 45.4 Å². The highest BCUT2D eigenvalue weighted by Gasteiger charge is 1.97. The summed E-state index contributed by atoms with van der Waals surface area (Å²) in [7, 11) is 0. The molecule has 0 saturated carbocycles. The summed E-state index contributed by atoms with van der Waals surface area (Å²) in [6, 6.07) is 0.339. The zero-order valence-corrected chi connectivity index (χ0v) is 9.85. The number of rotatable bonds is 8. The molecule has 0 aliphatic heterocycles. The number of hydrogen-bond donors (Lipinski definition) is 1. The second-order valence-corrected chi connectivity index (χ2v) is 3.84. The Kier molecular flexibility index (Phi) is 6.30. The van der Waals surface area contributed by atoms with E-state index in [2.05, 4.69) is 16.9 Å². The molecule has 0 aromatic carbocycles. The van der Waals surface area contributed by atoms with E-state index in [1.807, 2.05) is 0 Å². The first-order valence-corrected chi connectivity index (χ1v) is 5.96. The van der Waals surface area contributed by atoms with Crippen LogP contribution in [0.4, 0.5) is 0 Å². The molecule has 4 nitrogen and oxygen atoms in total. The third kappa shape index (κ3) is 5.53. The zero-order chi connectivity index (χ0) is 11.6. The summed E-state index contributed by atoms with van der Waals surface area (Å²) in [5.41, 5.74) is 0. The fourth-order valence-corrected chi connectivity index (χ4v) is 1.43. The quantitative estimate of drug-likeness (QED) is 0.690. The van der Waals surface area contributed by atoms with Crippen molar-refractivity contribution in [1.29, 1.82) is 0 Å². The minimum absolute atomic E-state index is 0.0620. The van der Waals surface area contributed by atoms with Gasteiger partial charge >= 0.3 is 6.01 Å². The van der Waals surface area contributed by atoms with E-state index in [4.69, 9.17) is 9.84 Å². The number of nitrogens with zero attached hydrogens (tertiary/aromatic N) is 2. The zero-order valence-electron chi connectivity index (χ0n) is 9.85. The minimum atomic E-state index is 0.0620. The number of ether oxygens (including phenoxy) is 1. The van der Waals surface area contributed by atoms with E-state index in [1.54, 1.807) is 0 Å². The fourth-order valence-electron chi connectivity index (χ4n) is 1.43. The summed E-state index contributed by atoms with van der Waals surface area (Å²) in [6.07, 6.45) is 10.1. The first kappa shape index (κ1) is 12.7. The lowest BCUT2D eigenvalue weighted by molar-refractivity contribution is 0.279. The highest BCUT2D eigenvalue weighted by atomic mass is 16.5. The predicted octanol–water partition coefficient (Wildman–Crippen LogP) is 2.92. The molecule has 0 saturated heterocycles. The summed E-state index contributed by atoms with van der Waals surface area (Å²) >= 11 is 0. The lowest BCUT2D eigenvalue weighted by Crippen LogP contribution is -2.00. The van der Waals surface area contributed by atoms with Crippen LogP contribution >= 0.6 is 0 Å². The Bertz CT molecular complexity index is 275. The van der Waals surface area contributed by atoms with Gasteiger partial charge in [0.25, 0.3) is 0 Å². The second kappa shape index (κ2) is 7.91. The van der Waals surface area contributed by atoms with E-state index in [9.17, 15) is 0 Å². The number of aromatic hydroxyl groups is 1. The Labute approximate surface area is 96.7 Å². The Morgan fingerprint density at radius 2 is 1.69 bits per heavy atom. The third-order valence-electron chi connectivity index (χ3n) is 2.34. The van der Waals surface area contributed by atoms with Crippen molar-refractivity contribution in [1.82, 2.24) is 9.97 Å². The van der Waals surface area contributed by atoms with Gasteiger partial charge in [-0.25, -0.2) is 0 Å². The smallest absolute Gasteiger partial charge is 0.316 e. The molecule has 1 aromatic rings. The normalized spacial score (nSPS) is 10.3. The second-order valence-electron chi connectivity index (χ2n) is 3.84. The molecule has 0 unspecified atom stereocenters. The Hall–Kier alpha value is -1.32. The molecular formula is C12H20N2O2. The van der Waals surface area contributed by atoms with Crippen molar-refractivity contribution in [3.63, 3.8) is 0 Å². The van der Waals surface area contributed by atoms with Crippen molar-refractivity contribution < 1.29 is 9.84 Å². The molecule has 1 aromatic heterocycles. The van der Waals surface area contributed by atoms with Crippen LogP contribution in [-0.2, 0) is 0 Å². The fraction of sp³-hybridized carbons (Fsp3) is 0.667. The molecule has 0 radical (unpaired) electrons. The topological polar surface area (TPSA) is 55.2 Å². The number of unbranched alkanes of at least 4 members (excludes halogenated alkanes) is 5. The molecule has 0 fully saturated rings. The van der Waals surface area contributed by atoms with Gasteiger partial charge < -0.3 is 9.84 Å². The standard InChI is InChI=1S/C12H20N2O2/c1-2-3-4-5-6-7-8-16-12-13-9-11(15)10-14-12/h9-10,15H,2-8H2,1H3. The van der Waals surface area contributed by atoms with E-state index in [0.717, 1.165) is 6.42 Å². The van der Waals surface area contributed by atoms with E-state index in [0.29, 0.717) is 12.6 Å². The molecule has 1 rings (SSSR count). The average Bonchev–Trinajstić information content (AvgIpc) is 2.30. The van der Waals surface area contributed by atoms with Gasteiger partial charge in [-0.15, -0.1) is 0 Å². The summed E-state index contributed by atoms with van der Waals surface area (Å²) in [4.78, 5) is 7.68. The molecule has 90 valence electrons. The summed E-state index contributed by atoms with van der Waals surface area (Å²) in [6.45, 7) is 2.86. The van der Waals surface area contributed by atoms with Crippen LogP contribution in [0.5, 0.6) is 11.8 Å². The van der Waals surface area contributed by atoms with E-state index >= 15 is 0 Å². The van der Waals surface area contributed by atoms with Gasteiger partial charge in [-0.05, 0) is 6.42 Å². The lowest BCUT2D eigenvalue weighted by atomic mass is 10.1. The number of aromatic nitrogens is 2. The molecule has 1 heterocycles. The summed E-state index contributed by atoms with van der Waals surface area (Å²) in [5, 5.41) is 8.97. The SMILES string of the molecule is CCCCCCCCOc1ncc(O)cn1. The third-order valence-corrected chi connectivity index (χ3v) is 2.34. The molecule has 0 aliphatic rings. The van der Waals surface area contributed by atoms with Crippen LogP contribution in [0.2, 0.25) is 0 Å². The lowest BCUT2D eigenvalue weighted by Gasteiger charge is -2.03.